The maximum atomic E-state index is 6.49. The van der Waals surface area contributed by atoms with Gasteiger partial charge < -0.3 is 15.2 Å². The van der Waals surface area contributed by atoms with Crippen molar-refractivity contribution in [3.8, 4) is 11.8 Å². The van der Waals surface area contributed by atoms with Crippen molar-refractivity contribution in [2.75, 3.05) is 14.2 Å². The predicted molar refractivity (Wildman–Crippen MR) is 73.4 cm³/mol. The Bertz CT molecular complexity index is 520. The van der Waals surface area contributed by atoms with E-state index in [1.54, 1.807) is 20.4 Å². The Hall–Kier alpha value is -1.36. The Balaban J connectivity index is 1.59. The molecular weight excluding hydrogens is 254 g/mol. The van der Waals surface area contributed by atoms with E-state index in [2.05, 4.69) is 9.97 Å². The van der Waals surface area contributed by atoms with Crippen LogP contribution in [0.4, 0.5) is 0 Å². The van der Waals surface area contributed by atoms with Crippen LogP contribution in [0.5, 0.6) is 11.8 Å². The molecule has 0 aromatic carbocycles. The SMILES string of the molecule is COc1cnc(C(N)C2C3C4CCC(C4)C32)c(OC)n1. The number of aromatic nitrogens is 2. The first-order valence-corrected chi connectivity index (χ1v) is 7.45. The zero-order valence-electron chi connectivity index (χ0n) is 12.0. The van der Waals surface area contributed by atoms with Gasteiger partial charge in [-0.25, -0.2) is 4.98 Å². The molecule has 0 radical (unpaired) electrons. The fourth-order valence-electron chi connectivity index (χ4n) is 4.90. The van der Waals surface area contributed by atoms with Gasteiger partial charge in [0.1, 0.15) is 5.69 Å². The summed E-state index contributed by atoms with van der Waals surface area (Å²) in [5, 5.41) is 0. The Morgan fingerprint density at radius 3 is 2.50 bits per heavy atom. The van der Waals surface area contributed by atoms with Crippen molar-refractivity contribution in [3.05, 3.63) is 11.9 Å². The first-order valence-electron chi connectivity index (χ1n) is 7.45. The van der Waals surface area contributed by atoms with Crippen molar-refractivity contribution in [2.45, 2.75) is 25.3 Å². The lowest BCUT2D eigenvalue weighted by Crippen LogP contribution is -2.20. The summed E-state index contributed by atoms with van der Waals surface area (Å²) in [6, 6.07) is -0.0539. The second kappa shape index (κ2) is 4.32. The molecule has 2 N–H and O–H groups in total. The average molecular weight is 275 g/mol. The molecule has 0 amide bonds. The van der Waals surface area contributed by atoms with Gasteiger partial charge in [0.25, 0.3) is 0 Å². The van der Waals surface area contributed by atoms with Crippen LogP contribution in [0, 0.1) is 29.6 Å². The highest BCUT2D eigenvalue weighted by Crippen LogP contribution is 2.71. The molecule has 2 bridgehead atoms. The Morgan fingerprint density at radius 1 is 1.20 bits per heavy atom. The molecular formula is C15H21N3O2. The largest absolute Gasteiger partial charge is 0.480 e. The normalized spacial score (nSPS) is 38.5. The smallest absolute Gasteiger partial charge is 0.240 e. The molecule has 5 unspecified atom stereocenters. The summed E-state index contributed by atoms with van der Waals surface area (Å²) in [6.07, 6.45) is 5.87. The number of hydrogen-bond donors (Lipinski definition) is 1. The van der Waals surface area contributed by atoms with E-state index in [-0.39, 0.29) is 6.04 Å². The number of fused-ring (bicyclic) bond motifs is 5. The molecule has 0 saturated heterocycles. The van der Waals surface area contributed by atoms with Crippen LogP contribution in [-0.2, 0) is 0 Å². The number of methoxy groups -OCH3 is 2. The van der Waals surface area contributed by atoms with E-state index < -0.39 is 0 Å². The molecule has 4 rings (SSSR count). The number of hydrogen-bond acceptors (Lipinski definition) is 5. The third-order valence-electron chi connectivity index (χ3n) is 5.67. The topological polar surface area (TPSA) is 70.3 Å². The van der Waals surface area contributed by atoms with E-state index in [4.69, 9.17) is 15.2 Å². The summed E-state index contributed by atoms with van der Waals surface area (Å²) in [7, 11) is 3.18. The standard InChI is InChI=1S/C15H21N3O2/c1-19-9-6-17-14(15(18-9)20-2)13(16)12-10-7-3-4-8(5-7)11(10)12/h6-8,10-13H,3-5,16H2,1-2H3. The molecule has 1 heterocycles. The molecule has 5 nitrogen and oxygen atoms in total. The molecule has 1 aromatic rings. The minimum Gasteiger partial charge on any atom is -0.480 e. The van der Waals surface area contributed by atoms with Crippen LogP contribution >= 0.6 is 0 Å². The van der Waals surface area contributed by atoms with Gasteiger partial charge in [0.05, 0.1) is 26.5 Å². The lowest BCUT2D eigenvalue weighted by Gasteiger charge is -2.17. The Kier molecular flexibility index (Phi) is 2.67. The molecule has 1 aromatic heterocycles. The molecule has 108 valence electrons. The van der Waals surface area contributed by atoms with Gasteiger partial charge in [0.15, 0.2) is 0 Å². The lowest BCUT2D eigenvalue weighted by molar-refractivity contribution is 0.344. The van der Waals surface area contributed by atoms with E-state index in [1.807, 2.05) is 0 Å². The molecule has 3 aliphatic carbocycles. The van der Waals surface area contributed by atoms with Gasteiger partial charge in [0, 0.05) is 0 Å². The van der Waals surface area contributed by atoms with Gasteiger partial charge in [-0.3, -0.25) is 0 Å². The summed E-state index contributed by atoms with van der Waals surface area (Å²) in [6.45, 7) is 0. The third kappa shape index (κ3) is 1.59. The molecule has 3 aliphatic rings. The summed E-state index contributed by atoms with van der Waals surface area (Å²) >= 11 is 0. The fraction of sp³-hybridized carbons (Fsp3) is 0.733. The number of rotatable bonds is 4. The lowest BCUT2D eigenvalue weighted by atomic mass is 9.96. The van der Waals surface area contributed by atoms with E-state index in [0.717, 1.165) is 29.4 Å². The fourth-order valence-corrected chi connectivity index (χ4v) is 4.90. The molecule has 0 spiro atoms. The van der Waals surface area contributed by atoms with Crippen LogP contribution < -0.4 is 15.2 Å². The van der Waals surface area contributed by atoms with Crippen molar-refractivity contribution in [1.29, 1.82) is 0 Å². The molecule has 0 aliphatic heterocycles. The maximum Gasteiger partial charge on any atom is 0.240 e. The van der Waals surface area contributed by atoms with Gasteiger partial charge in [-0.1, -0.05) is 0 Å². The van der Waals surface area contributed by atoms with E-state index in [0.29, 0.717) is 17.7 Å². The number of nitrogens with two attached hydrogens (primary N) is 1. The van der Waals surface area contributed by atoms with Gasteiger partial charge in [0.2, 0.25) is 11.8 Å². The Morgan fingerprint density at radius 2 is 1.90 bits per heavy atom. The van der Waals surface area contributed by atoms with E-state index >= 15 is 0 Å². The van der Waals surface area contributed by atoms with Crippen LogP contribution in [0.1, 0.15) is 31.0 Å². The molecule has 20 heavy (non-hydrogen) atoms. The predicted octanol–water partition coefficient (Wildman–Crippen LogP) is 1.79. The minimum absolute atomic E-state index is 0.0539. The maximum absolute atomic E-state index is 6.49. The van der Waals surface area contributed by atoms with Crippen LogP contribution in [-0.4, -0.2) is 24.2 Å². The van der Waals surface area contributed by atoms with Crippen LogP contribution in [0.25, 0.3) is 0 Å². The van der Waals surface area contributed by atoms with Gasteiger partial charge in [-0.05, 0) is 48.9 Å². The second-order valence-corrected chi connectivity index (χ2v) is 6.40. The molecule has 3 saturated carbocycles. The van der Waals surface area contributed by atoms with Crippen molar-refractivity contribution >= 4 is 0 Å². The highest BCUT2D eigenvalue weighted by molar-refractivity contribution is 5.29. The first kappa shape index (κ1) is 12.4. The first-order chi connectivity index (χ1) is 9.74. The van der Waals surface area contributed by atoms with Gasteiger partial charge >= 0.3 is 0 Å². The van der Waals surface area contributed by atoms with Gasteiger partial charge in [-0.15, -0.1) is 0 Å². The van der Waals surface area contributed by atoms with Crippen molar-refractivity contribution in [2.24, 2.45) is 35.3 Å². The van der Waals surface area contributed by atoms with Crippen molar-refractivity contribution < 1.29 is 9.47 Å². The molecule has 3 fully saturated rings. The van der Waals surface area contributed by atoms with E-state index in [9.17, 15) is 0 Å². The molecule has 5 atom stereocenters. The molecule has 5 heteroatoms. The highest BCUT2D eigenvalue weighted by atomic mass is 16.5. The quantitative estimate of drug-likeness (QED) is 0.907. The summed E-state index contributed by atoms with van der Waals surface area (Å²) in [5.74, 6) is 5.05. The van der Waals surface area contributed by atoms with Crippen LogP contribution in [0.3, 0.4) is 0 Å². The van der Waals surface area contributed by atoms with Crippen molar-refractivity contribution in [3.63, 3.8) is 0 Å². The minimum atomic E-state index is -0.0539. The summed E-state index contributed by atoms with van der Waals surface area (Å²) in [4.78, 5) is 8.74. The van der Waals surface area contributed by atoms with Crippen LogP contribution in [0.2, 0.25) is 0 Å². The average Bonchev–Trinajstić information content (AvgIpc) is 2.93. The Labute approximate surface area is 118 Å². The van der Waals surface area contributed by atoms with E-state index in [1.165, 1.54) is 19.3 Å². The van der Waals surface area contributed by atoms with Crippen molar-refractivity contribution in [1.82, 2.24) is 9.97 Å². The zero-order chi connectivity index (χ0) is 13.9. The number of nitrogens with zero attached hydrogens (tertiary/aromatic N) is 2. The summed E-state index contributed by atoms with van der Waals surface area (Å²) in [5.41, 5.74) is 7.27. The van der Waals surface area contributed by atoms with Crippen LogP contribution in [0.15, 0.2) is 6.20 Å². The summed E-state index contributed by atoms with van der Waals surface area (Å²) < 4.78 is 10.4. The monoisotopic (exact) mass is 275 g/mol. The highest BCUT2D eigenvalue weighted by Gasteiger charge is 2.66. The second-order valence-electron chi connectivity index (χ2n) is 6.40. The zero-order valence-corrected chi connectivity index (χ0v) is 12.0. The van der Waals surface area contributed by atoms with Gasteiger partial charge in [-0.2, -0.15) is 4.98 Å². The number of ether oxygens (including phenoxy) is 2. The third-order valence-corrected chi connectivity index (χ3v) is 5.67.